The van der Waals surface area contributed by atoms with Crippen molar-refractivity contribution in [2.75, 3.05) is 13.1 Å². The van der Waals surface area contributed by atoms with Gasteiger partial charge in [-0.3, -0.25) is 4.79 Å². The van der Waals surface area contributed by atoms with Crippen molar-refractivity contribution in [2.45, 2.75) is 38.7 Å². The molecule has 0 aromatic carbocycles. The van der Waals surface area contributed by atoms with Crippen LogP contribution in [0.3, 0.4) is 0 Å². The van der Waals surface area contributed by atoms with Crippen molar-refractivity contribution in [1.82, 2.24) is 5.32 Å². The topological polar surface area (TPSA) is 38.3 Å². The van der Waals surface area contributed by atoms with Gasteiger partial charge in [0.2, 0.25) is 0 Å². The molecule has 1 rings (SSSR count). The molecule has 1 unspecified atom stereocenters. The molecule has 0 amide bonds. The average molecular weight is 185 g/mol. The van der Waals surface area contributed by atoms with Crippen LogP contribution in [-0.4, -0.2) is 25.7 Å². The van der Waals surface area contributed by atoms with E-state index in [0.29, 0.717) is 12.4 Å². The quantitative estimate of drug-likeness (QED) is 0.657. The Morgan fingerprint density at radius 3 is 2.77 bits per heavy atom. The molecule has 0 aliphatic carbocycles. The lowest BCUT2D eigenvalue weighted by atomic mass is 9.90. The van der Waals surface area contributed by atoms with Gasteiger partial charge >= 0.3 is 0 Å². The summed E-state index contributed by atoms with van der Waals surface area (Å²) in [5, 5.41) is 3.31. The number of hydrogen-bond acceptors (Lipinski definition) is 3. The molecule has 1 N–H and O–H groups in total. The van der Waals surface area contributed by atoms with Crippen LogP contribution in [0.4, 0.5) is 0 Å². The van der Waals surface area contributed by atoms with Gasteiger partial charge < -0.3 is 10.1 Å². The maximum absolute atomic E-state index is 10.3. The molecule has 0 bridgehead atoms. The van der Waals surface area contributed by atoms with Crippen molar-refractivity contribution in [3.05, 3.63) is 0 Å². The Balaban J connectivity index is 2.36. The van der Waals surface area contributed by atoms with Crippen LogP contribution < -0.4 is 5.32 Å². The number of rotatable bonds is 5. The zero-order valence-electron chi connectivity index (χ0n) is 8.29. The van der Waals surface area contributed by atoms with E-state index in [2.05, 4.69) is 12.2 Å². The highest BCUT2D eigenvalue weighted by molar-refractivity contribution is 5.37. The lowest BCUT2D eigenvalue weighted by Gasteiger charge is -2.29. The van der Waals surface area contributed by atoms with Crippen LogP contribution in [0.2, 0.25) is 0 Å². The highest BCUT2D eigenvalue weighted by Gasteiger charge is 2.23. The zero-order valence-corrected chi connectivity index (χ0v) is 8.29. The lowest BCUT2D eigenvalue weighted by Crippen LogP contribution is -2.35. The fourth-order valence-corrected chi connectivity index (χ4v) is 1.99. The Bertz CT molecular complexity index is 144. The molecular formula is C10H19NO2. The third-order valence-electron chi connectivity index (χ3n) is 2.71. The van der Waals surface area contributed by atoms with E-state index < -0.39 is 0 Å². The third-order valence-corrected chi connectivity index (χ3v) is 2.71. The fourth-order valence-electron chi connectivity index (χ4n) is 1.99. The molecule has 1 fully saturated rings. The number of carbonyl (C=O) groups excluding carboxylic acids is 1. The van der Waals surface area contributed by atoms with Gasteiger partial charge in [-0.25, -0.2) is 0 Å². The van der Waals surface area contributed by atoms with E-state index in [1.165, 1.54) is 0 Å². The van der Waals surface area contributed by atoms with E-state index >= 15 is 0 Å². The van der Waals surface area contributed by atoms with Crippen molar-refractivity contribution in [1.29, 1.82) is 0 Å². The van der Waals surface area contributed by atoms with Crippen molar-refractivity contribution >= 4 is 6.47 Å². The van der Waals surface area contributed by atoms with Crippen LogP contribution in [0.25, 0.3) is 0 Å². The number of nitrogens with one attached hydrogen (secondary N) is 1. The molecule has 1 aliphatic heterocycles. The van der Waals surface area contributed by atoms with E-state index in [0.717, 1.165) is 38.8 Å². The minimum atomic E-state index is 0.157. The van der Waals surface area contributed by atoms with Gasteiger partial charge in [-0.2, -0.15) is 0 Å². The fraction of sp³-hybridized carbons (Fsp3) is 0.900. The first-order valence-electron chi connectivity index (χ1n) is 5.18. The van der Waals surface area contributed by atoms with Crippen LogP contribution >= 0.6 is 0 Å². The molecule has 0 radical (unpaired) electrons. The summed E-state index contributed by atoms with van der Waals surface area (Å²) in [5.74, 6) is 0.575. The van der Waals surface area contributed by atoms with Crippen molar-refractivity contribution in [3.8, 4) is 0 Å². The maximum atomic E-state index is 10.3. The molecular weight excluding hydrogens is 166 g/mol. The Labute approximate surface area is 79.8 Å². The summed E-state index contributed by atoms with van der Waals surface area (Å²) in [4.78, 5) is 10.3. The van der Waals surface area contributed by atoms with E-state index in [1.807, 2.05) is 0 Å². The summed E-state index contributed by atoms with van der Waals surface area (Å²) in [6, 6.07) is 0. The normalized spacial score (nSPS) is 21.0. The van der Waals surface area contributed by atoms with Gasteiger partial charge in [0.25, 0.3) is 6.47 Å². The first-order chi connectivity index (χ1) is 6.38. The first kappa shape index (κ1) is 10.5. The number of ether oxygens (including phenoxy) is 1. The predicted octanol–water partition coefficient (Wildman–Crippen LogP) is 1.33. The highest BCUT2D eigenvalue weighted by atomic mass is 16.5. The SMILES string of the molecule is CCCC(OC=O)C1CCNCC1. The minimum absolute atomic E-state index is 0.157. The summed E-state index contributed by atoms with van der Waals surface area (Å²) in [5.41, 5.74) is 0. The highest BCUT2D eigenvalue weighted by Crippen LogP contribution is 2.21. The van der Waals surface area contributed by atoms with Crippen LogP contribution in [0.1, 0.15) is 32.6 Å². The standard InChI is InChI=1S/C10H19NO2/c1-2-3-10(13-8-12)9-4-6-11-7-5-9/h8-11H,2-7H2,1H3. The summed E-state index contributed by atoms with van der Waals surface area (Å²) < 4.78 is 5.11. The molecule has 1 aliphatic rings. The molecule has 1 saturated heterocycles. The summed E-state index contributed by atoms with van der Waals surface area (Å²) in [6.07, 6.45) is 4.52. The Morgan fingerprint density at radius 1 is 1.54 bits per heavy atom. The average Bonchev–Trinajstić information content (AvgIpc) is 2.19. The maximum Gasteiger partial charge on any atom is 0.293 e. The lowest BCUT2D eigenvalue weighted by molar-refractivity contribution is -0.137. The molecule has 1 heterocycles. The van der Waals surface area contributed by atoms with Gasteiger partial charge in [-0.15, -0.1) is 0 Å². The zero-order chi connectivity index (χ0) is 9.52. The van der Waals surface area contributed by atoms with Crippen molar-refractivity contribution < 1.29 is 9.53 Å². The molecule has 0 aromatic heterocycles. The molecule has 13 heavy (non-hydrogen) atoms. The monoisotopic (exact) mass is 185 g/mol. The van der Waals surface area contributed by atoms with Gasteiger partial charge in [-0.1, -0.05) is 13.3 Å². The minimum Gasteiger partial charge on any atom is -0.464 e. The molecule has 3 nitrogen and oxygen atoms in total. The molecule has 1 atom stereocenters. The Morgan fingerprint density at radius 2 is 2.23 bits per heavy atom. The summed E-state index contributed by atoms with van der Waals surface area (Å²) in [7, 11) is 0. The van der Waals surface area contributed by atoms with Crippen LogP contribution in [0, 0.1) is 5.92 Å². The second-order valence-corrected chi connectivity index (χ2v) is 3.65. The molecule has 0 aromatic rings. The van der Waals surface area contributed by atoms with E-state index in [9.17, 15) is 4.79 Å². The Kier molecular flexibility index (Phi) is 4.83. The molecule has 76 valence electrons. The summed E-state index contributed by atoms with van der Waals surface area (Å²) in [6.45, 7) is 4.85. The van der Waals surface area contributed by atoms with Crippen molar-refractivity contribution in [3.63, 3.8) is 0 Å². The van der Waals surface area contributed by atoms with Gasteiger partial charge in [0.1, 0.15) is 6.10 Å². The second-order valence-electron chi connectivity index (χ2n) is 3.65. The smallest absolute Gasteiger partial charge is 0.293 e. The number of carbonyl (C=O) groups is 1. The second kappa shape index (κ2) is 5.97. The largest absolute Gasteiger partial charge is 0.464 e. The molecule has 0 saturated carbocycles. The number of hydrogen-bond donors (Lipinski definition) is 1. The van der Waals surface area contributed by atoms with E-state index in [1.54, 1.807) is 0 Å². The van der Waals surface area contributed by atoms with E-state index in [4.69, 9.17) is 4.74 Å². The van der Waals surface area contributed by atoms with Gasteiger partial charge in [0.05, 0.1) is 0 Å². The van der Waals surface area contributed by atoms with Crippen molar-refractivity contribution in [2.24, 2.45) is 5.92 Å². The van der Waals surface area contributed by atoms with Crippen LogP contribution in [0.5, 0.6) is 0 Å². The van der Waals surface area contributed by atoms with Gasteiger partial charge in [-0.05, 0) is 38.3 Å². The Hall–Kier alpha value is -0.570. The van der Waals surface area contributed by atoms with E-state index in [-0.39, 0.29) is 6.10 Å². The predicted molar refractivity (Wildman–Crippen MR) is 51.4 cm³/mol. The molecule has 3 heteroatoms. The third kappa shape index (κ3) is 3.35. The molecule has 0 spiro atoms. The first-order valence-corrected chi connectivity index (χ1v) is 5.18. The number of piperidine rings is 1. The van der Waals surface area contributed by atoms with Gasteiger partial charge in [0.15, 0.2) is 0 Å². The van der Waals surface area contributed by atoms with Crippen LogP contribution in [-0.2, 0) is 9.53 Å². The van der Waals surface area contributed by atoms with Gasteiger partial charge in [0, 0.05) is 0 Å². The summed E-state index contributed by atoms with van der Waals surface area (Å²) >= 11 is 0. The van der Waals surface area contributed by atoms with Crippen LogP contribution in [0.15, 0.2) is 0 Å².